The third-order valence-corrected chi connectivity index (χ3v) is 6.37. The number of methoxy groups -OCH3 is 2. The van der Waals surface area contributed by atoms with Crippen LogP contribution in [0, 0.1) is 0 Å². The Hall–Kier alpha value is -4.21. The number of rotatable bonds is 9. The van der Waals surface area contributed by atoms with Gasteiger partial charge in [0.25, 0.3) is 0 Å². The van der Waals surface area contributed by atoms with Gasteiger partial charge in [0.15, 0.2) is 0 Å². The van der Waals surface area contributed by atoms with Crippen molar-refractivity contribution in [1.82, 2.24) is 4.90 Å². The third kappa shape index (κ3) is 6.01. The zero-order valence-corrected chi connectivity index (χ0v) is 21.8. The van der Waals surface area contributed by atoms with Gasteiger partial charge < -0.3 is 24.4 Å². The van der Waals surface area contributed by atoms with E-state index in [1.54, 1.807) is 32.0 Å². The summed E-state index contributed by atoms with van der Waals surface area (Å²) in [4.78, 5) is 40.7. The van der Waals surface area contributed by atoms with Gasteiger partial charge >= 0.3 is 18.6 Å². The molecule has 0 aliphatic carbocycles. The topological polar surface area (TPSA) is 94.2 Å². The molecule has 0 fully saturated rings. The maximum Gasteiger partial charge on any atom is 0.387 e. The van der Waals surface area contributed by atoms with Crippen LogP contribution in [0.5, 0.6) is 5.75 Å². The van der Waals surface area contributed by atoms with E-state index in [1.165, 1.54) is 37.3 Å². The molecule has 2 aromatic rings. The first-order valence-electron chi connectivity index (χ1n) is 11.9. The number of halogens is 2. The normalized spacial score (nSPS) is 14.1. The Morgan fingerprint density at radius 1 is 0.921 bits per heavy atom. The highest BCUT2D eigenvalue weighted by Gasteiger charge is 2.42. The average molecular weight is 529 g/mol. The monoisotopic (exact) mass is 528 g/mol. The summed E-state index contributed by atoms with van der Waals surface area (Å²) in [5.41, 5.74) is 2.46. The Bertz CT molecular complexity index is 1230. The molecule has 0 atom stereocenters. The van der Waals surface area contributed by atoms with Crippen molar-refractivity contribution in [3.05, 3.63) is 82.2 Å². The summed E-state index contributed by atoms with van der Waals surface area (Å²) < 4.78 is 41.2. The van der Waals surface area contributed by atoms with Crippen molar-refractivity contribution in [2.45, 2.75) is 39.7 Å². The van der Waals surface area contributed by atoms with E-state index in [4.69, 9.17) is 14.2 Å². The highest BCUT2D eigenvalue weighted by atomic mass is 19.3. The van der Waals surface area contributed by atoms with E-state index < -0.39 is 30.4 Å². The first-order valence-corrected chi connectivity index (χ1v) is 11.9. The Morgan fingerprint density at radius 3 is 1.97 bits per heavy atom. The van der Waals surface area contributed by atoms with E-state index in [0.717, 1.165) is 12.0 Å². The zero-order valence-electron chi connectivity index (χ0n) is 21.8. The van der Waals surface area contributed by atoms with Crippen LogP contribution in [-0.2, 0) is 30.3 Å². The molecule has 1 aliphatic rings. The molecule has 2 aromatic carbocycles. The number of benzene rings is 2. The minimum Gasteiger partial charge on any atom is -0.466 e. The van der Waals surface area contributed by atoms with Crippen molar-refractivity contribution in [2.24, 2.45) is 0 Å². The van der Waals surface area contributed by atoms with E-state index in [2.05, 4.69) is 5.32 Å². The molecular formula is C28H30F2N2O6. The summed E-state index contributed by atoms with van der Waals surface area (Å²) in [6, 6.07) is 13.3. The first-order chi connectivity index (χ1) is 18.1. The van der Waals surface area contributed by atoms with Crippen molar-refractivity contribution in [3.8, 4) is 5.75 Å². The number of aryl methyl sites for hydroxylation is 1. The molecule has 0 aromatic heterocycles. The Labute approximate surface area is 219 Å². The number of anilines is 1. The maximum atomic E-state index is 13.2. The van der Waals surface area contributed by atoms with Gasteiger partial charge in [0.05, 0.1) is 31.3 Å². The second-order valence-electron chi connectivity index (χ2n) is 8.52. The Balaban J connectivity index is 2.11. The largest absolute Gasteiger partial charge is 0.466 e. The first kappa shape index (κ1) is 28.4. The minimum absolute atomic E-state index is 0.0103. The lowest BCUT2D eigenvalue weighted by molar-refractivity contribution is -0.137. The highest BCUT2D eigenvalue weighted by Crippen LogP contribution is 2.45. The predicted molar refractivity (Wildman–Crippen MR) is 136 cm³/mol. The molecule has 0 unspecified atom stereocenters. The van der Waals surface area contributed by atoms with E-state index in [1.807, 2.05) is 19.1 Å². The summed E-state index contributed by atoms with van der Waals surface area (Å²) in [7, 11) is 2.34. The van der Waals surface area contributed by atoms with E-state index in [9.17, 15) is 23.2 Å². The fourth-order valence-electron chi connectivity index (χ4n) is 4.49. The molecule has 10 heteroatoms. The van der Waals surface area contributed by atoms with Gasteiger partial charge in [-0.05, 0) is 44.0 Å². The SMILES string of the molecule is CCc1ccc(NC(=O)CN2C(C)=C(C(=O)OC)C(c3ccccc3OC(F)F)C(C(=O)OC)=C2C)cc1. The van der Waals surface area contributed by atoms with Gasteiger partial charge in [-0.15, -0.1) is 0 Å². The molecule has 1 amide bonds. The van der Waals surface area contributed by atoms with Gasteiger partial charge in [0.2, 0.25) is 5.91 Å². The van der Waals surface area contributed by atoms with Crippen LogP contribution in [-0.4, -0.2) is 50.1 Å². The summed E-state index contributed by atoms with van der Waals surface area (Å²) >= 11 is 0. The summed E-state index contributed by atoms with van der Waals surface area (Å²) in [6.45, 7) is 1.84. The number of amides is 1. The maximum absolute atomic E-state index is 13.2. The molecule has 38 heavy (non-hydrogen) atoms. The number of carbonyl (C=O) groups is 3. The van der Waals surface area contributed by atoms with Crippen molar-refractivity contribution >= 4 is 23.5 Å². The number of esters is 2. The second kappa shape index (κ2) is 12.4. The van der Waals surface area contributed by atoms with Gasteiger partial charge in [-0.1, -0.05) is 37.3 Å². The van der Waals surface area contributed by atoms with Crippen LogP contribution in [0.4, 0.5) is 14.5 Å². The van der Waals surface area contributed by atoms with Crippen LogP contribution in [0.15, 0.2) is 71.1 Å². The summed E-state index contributed by atoms with van der Waals surface area (Å²) in [6.07, 6.45) is 0.856. The van der Waals surface area contributed by atoms with Crippen LogP contribution in [0.1, 0.15) is 37.8 Å². The minimum atomic E-state index is -3.13. The molecule has 0 saturated heterocycles. The molecule has 1 aliphatic heterocycles. The number of nitrogens with one attached hydrogen (secondary N) is 1. The van der Waals surface area contributed by atoms with Crippen molar-refractivity contribution < 1.29 is 37.4 Å². The van der Waals surface area contributed by atoms with E-state index >= 15 is 0 Å². The average Bonchev–Trinajstić information content (AvgIpc) is 2.90. The number of hydrogen-bond donors (Lipinski definition) is 1. The quantitative estimate of drug-likeness (QED) is 0.468. The summed E-state index contributed by atoms with van der Waals surface area (Å²) in [5, 5.41) is 2.81. The fraction of sp³-hybridized carbons (Fsp3) is 0.321. The molecule has 202 valence electrons. The molecule has 0 bridgehead atoms. The van der Waals surface area contributed by atoms with Crippen molar-refractivity contribution in [3.63, 3.8) is 0 Å². The lowest BCUT2D eigenvalue weighted by Gasteiger charge is -2.37. The van der Waals surface area contributed by atoms with E-state index in [-0.39, 0.29) is 29.0 Å². The third-order valence-electron chi connectivity index (χ3n) is 6.37. The van der Waals surface area contributed by atoms with Gasteiger partial charge in [-0.2, -0.15) is 8.78 Å². The number of carbonyl (C=O) groups excluding carboxylic acids is 3. The lowest BCUT2D eigenvalue weighted by Crippen LogP contribution is -2.39. The standard InChI is InChI=1S/C28H30F2N2O6/c1-6-18-11-13-19(14-12-18)31-22(33)15-32-16(2)23(26(34)36-4)25(24(17(32)3)27(35)37-5)20-9-7-8-10-21(20)38-28(29)30/h7-14,25,28H,6,15H2,1-5H3,(H,31,33). The summed E-state index contributed by atoms with van der Waals surface area (Å²) in [5.74, 6) is -3.35. The highest BCUT2D eigenvalue weighted by molar-refractivity contribution is 6.00. The van der Waals surface area contributed by atoms with Crippen molar-refractivity contribution in [1.29, 1.82) is 0 Å². The Morgan fingerprint density at radius 2 is 1.47 bits per heavy atom. The van der Waals surface area contributed by atoms with Crippen LogP contribution in [0.3, 0.4) is 0 Å². The fourth-order valence-corrected chi connectivity index (χ4v) is 4.49. The number of allylic oxidation sites excluding steroid dienone is 2. The number of nitrogens with zero attached hydrogens (tertiary/aromatic N) is 1. The molecule has 1 N–H and O–H groups in total. The molecule has 3 rings (SSSR count). The number of para-hydroxylation sites is 1. The number of ether oxygens (including phenoxy) is 3. The smallest absolute Gasteiger partial charge is 0.387 e. The number of alkyl halides is 2. The van der Waals surface area contributed by atoms with Gasteiger partial charge in [-0.3, -0.25) is 4.79 Å². The molecule has 8 nitrogen and oxygen atoms in total. The van der Waals surface area contributed by atoms with Crippen LogP contribution < -0.4 is 10.1 Å². The Kier molecular flexibility index (Phi) is 9.22. The zero-order chi connectivity index (χ0) is 28.0. The molecule has 0 radical (unpaired) electrons. The van der Waals surface area contributed by atoms with E-state index in [0.29, 0.717) is 17.1 Å². The predicted octanol–water partition coefficient (Wildman–Crippen LogP) is 4.78. The van der Waals surface area contributed by atoms with Crippen LogP contribution in [0.2, 0.25) is 0 Å². The van der Waals surface area contributed by atoms with Gasteiger partial charge in [0, 0.05) is 22.6 Å². The lowest BCUT2D eigenvalue weighted by atomic mass is 9.79. The number of hydrogen-bond acceptors (Lipinski definition) is 7. The van der Waals surface area contributed by atoms with Gasteiger partial charge in [0.1, 0.15) is 12.3 Å². The molecule has 1 heterocycles. The van der Waals surface area contributed by atoms with Crippen LogP contribution in [0.25, 0.3) is 0 Å². The molecule has 0 spiro atoms. The molecule has 0 saturated carbocycles. The molecular weight excluding hydrogens is 498 g/mol. The van der Waals surface area contributed by atoms with Crippen LogP contribution >= 0.6 is 0 Å². The van der Waals surface area contributed by atoms with Gasteiger partial charge in [-0.25, -0.2) is 9.59 Å². The van der Waals surface area contributed by atoms with Crippen molar-refractivity contribution in [2.75, 3.05) is 26.1 Å². The second-order valence-corrected chi connectivity index (χ2v) is 8.52.